The Morgan fingerprint density at radius 1 is 1.27 bits per heavy atom. The van der Waals surface area contributed by atoms with Crippen LogP contribution in [-0.4, -0.2) is 13.1 Å². The molecule has 15 heavy (non-hydrogen) atoms. The second-order valence-electron chi connectivity index (χ2n) is 4.27. The Hall–Kier alpha value is -0.240. The summed E-state index contributed by atoms with van der Waals surface area (Å²) >= 11 is 11.9. The summed E-state index contributed by atoms with van der Waals surface area (Å²) in [7, 11) is 2.02. The molecule has 0 aliphatic heterocycles. The summed E-state index contributed by atoms with van der Waals surface area (Å²) in [5.74, 6) is 1.30. The number of hydrogen-bond donors (Lipinski definition) is 1. The van der Waals surface area contributed by atoms with Gasteiger partial charge in [0, 0.05) is 6.04 Å². The van der Waals surface area contributed by atoms with Crippen molar-refractivity contribution in [3.05, 3.63) is 33.8 Å². The topological polar surface area (TPSA) is 12.0 Å². The van der Waals surface area contributed by atoms with E-state index in [1.165, 1.54) is 12.0 Å². The van der Waals surface area contributed by atoms with Gasteiger partial charge in [0.15, 0.2) is 0 Å². The molecule has 1 aromatic carbocycles. The van der Waals surface area contributed by atoms with Crippen LogP contribution < -0.4 is 5.32 Å². The smallest absolute Gasteiger partial charge is 0.0595 e. The molecule has 0 aromatic heterocycles. The fraction of sp³-hybridized carbons (Fsp3) is 0.500. The standard InChI is InChI=1S/C12H15Cl2N/c1-7-9(6-12(7)15-2)8-3-4-10(13)11(14)5-8/h3-5,7,9,12,15H,6H2,1-2H3. The molecule has 1 nitrogen and oxygen atoms in total. The van der Waals surface area contributed by atoms with E-state index in [9.17, 15) is 0 Å². The Labute approximate surface area is 101 Å². The van der Waals surface area contributed by atoms with E-state index >= 15 is 0 Å². The number of rotatable bonds is 2. The van der Waals surface area contributed by atoms with E-state index in [4.69, 9.17) is 23.2 Å². The first-order valence-electron chi connectivity index (χ1n) is 5.25. The van der Waals surface area contributed by atoms with E-state index in [0.717, 1.165) is 0 Å². The number of halogens is 2. The lowest BCUT2D eigenvalue weighted by Gasteiger charge is -2.43. The van der Waals surface area contributed by atoms with Crippen molar-refractivity contribution in [3.63, 3.8) is 0 Å². The zero-order valence-corrected chi connectivity index (χ0v) is 10.4. The number of hydrogen-bond acceptors (Lipinski definition) is 1. The maximum Gasteiger partial charge on any atom is 0.0595 e. The van der Waals surface area contributed by atoms with Crippen LogP contribution in [0.4, 0.5) is 0 Å². The van der Waals surface area contributed by atoms with Gasteiger partial charge in [-0.1, -0.05) is 36.2 Å². The van der Waals surface area contributed by atoms with Gasteiger partial charge in [0.2, 0.25) is 0 Å². The normalized spacial score (nSPS) is 30.0. The molecule has 1 aromatic rings. The Morgan fingerprint density at radius 3 is 2.53 bits per heavy atom. The van der Waals surface area contributed by atoms with Crippen LogP contribution in [0.5, 0.6) is 0 Å². The van der Waals surface area contributed by atoms with Crippen LogP contribution in [0.15, 0.2) is 18.2 Å². The lowest BCUT2D eigenvalue weighted by molar-refractivity contribution is 0.194. The highest BCUT2D eigenvalue weighted by molar-refractivity contribution is 6.42. The Bertz CT molecular complexity index is 365. The second-order valence-corrected chi connectivity index (χ2v) is 5.08. The van der Waals surface area contributed by atoms with Gasteiger partial charge in [-0.15, -0.1) is 0 Å². The van der Waals surface area contributed by atoms with E-state index in [1.54, 1.807) is 0 Å². The Balaban J connectivity index is 2.15. The molecule has 1 saturated carbocycles. The summed E-state index contributed by atoms with van der Waals surface area (Å²) in [5.41, 5.74) is 1.31. The summed E-state index contributed by atoms with van der Waals surface area (Å²) < 4.78 is 0. The monoisotopic (exact) mass is 243 g/mol. The van der Waals surface area contributed by atoms with Crippen LogP contribution in [0.3, 0.4) is 0 Å². The molecular formula is C12H15Cl2N. The van der Waals surface area contributed by atoms with Crippen LogP contribution in [0.1, 0.15) is 24.8 Å². The molecule has 0 spiro atoms. The quantitative estimate of drug-likeness (QED) is 0.836. The van der Waals surface area contributed by atoms with Crippen molar-refractivity contribution in [2.45, 2.75) is 25.3 Å². The third-order valence-electron chi connectivity index (χ3n) is 3.52. The van der Waals surface area contributed by atoms with E-state index in [0.29, 0.717) is 27.9 Å². The molecule has 3 heteroatoms. The minimum absolute atomic E-state index is 0.622. The molecule has 1 fully saturated rings. The number of nitrogens with one attached hydrogen (secondary N) is 1. The molecule has 1 aliphatic rings. The van der Waals surface area contributed by atoms with Crippen LogP contribution in [0.25, 0.3) is 0 Å². The van der Waals surface area contributed by atoms with Crippen molar-refractivity contribution in [1.29, 1.82) is 0 Å². The maximum absolute atomic E-state index is 6.01. The predicted octanol–water partition coefficient (Wildman–Crippen LogP) is 3.70. The lowest BCUT2D eigenvalue weighted by Crippen LogP contribution is -2.46. The fourth-order valence-electron chi connectivity index (χ4n) is 2.35. The Kier molecular flexibility index (Phi) is 3.24. The van der Waals surface area contributed by atoms with E-state index in [-0.39, 0.29) is 0 Å². The molecular weight excluding hydrogens is 229 g/mol. The zero-order chi connectivity index (χ0) is 11.0. The average molecular weight is 244 g/mol. The number of benzene rings is 1. The third-order valence-corrected chi connectivity index (χ3v) is 4.26. The summed E-state index contributed by atoms with van der Waals surface area (Å²) in [4.78, 5) is 0. The molecule has 0 heterocycles. The highest BCUT2D eigenvalue weighted by atomic mass is 35.5. The third kappa shape index (κ3) is 2.01. The lowest BCUT2D eigenvalue weighted by atomic mass is 9.67. The van der Waals surface area contributed by atoms with Crippen molar-refractivity contribution < 1.29 is 0 Å². The van der Waals surface area contributed by atoms with E-state index in [1.807, 2.05) is 19.2 Å². The average Bonchev–Trinajstić information content (AvgIpc) is 2.22. The SMILES string of the molecule is CNC1CC(c2ccc(Cl)c(Cl)c2)C1C. The van der Waals surface area contributed by atoms with Gasteiger partial charge in [-0.3, -0.25) is 0 Å². The van der Waals surface area contributed by atoms with Crippen LogP contribution >= 0.6 is 23.2 Å². The van der Waals surface area contributed by atoms with Gasteiger partial charge in [0.1, 0.15) is 0 Å². The summed E-state index contributed by atoms with van der Waals surface area (Å²) in [6.45, 7) is 2.28. The van der Waals surface area contributed by atoms with Gasteiger partial charge in [-0.25, -0.2) is 0 Å². The highest BCUT2D eigenvalue weighted by Crippen LogP contribution is 2.43. The summed E-state index contributed by atoms with van der Waals surface area (Å²) in [6.07, 6.45) is 1.19. The minimum atomic E-state index is 0.622. The first-order chi connectivity index (χ1) is 7.13. The van der Waals surface area contributed by atoms with Crippen molar-refractivity contribution >= 4 is 23.2 Å². The van der Waals surface area contributed by atoms with Crippen molar-refractivity contribution in [2.24, 2.45) is 5.92 Å². The fourth-order valence-corrected chi connectivity index (χ4v) is 2.66. The van der Waals surface area contributed by atoms with Gasteiger partial charge in [-0.2, -0.15) is 0 Å². The van der Waals surface area contributed by atoms with E-state index < -0.39 is 0 Å². The molecule has 0 radical (unpaired) electrons. The van der Waals surface area contributed by atoms with Gasteiger partial charge in [0.25, 0.3) is 0 Å². The van der Waals surface area contributed by atoms with Gasteiger partial charge in [0.05, 0.1) is 10.0 Å². The van der Waals surface area contributed by atoms with Crippen LogP contribution in [0.2, 0.25) is 10.0 Å². The first kappa shape index (κ1) is 11.3. The molecule has 0 saturated heterocycles. The van der Waals surface area contributed by atoms with Crippen molar-refractivity contribution in [3.8, 4) is 0 Å². The molecule has 1 aliphatic carbocycles. The first-order valence-corrected chi connectivity index (χ1v) is 6.01. The molecule has 2 rings (SSSR count). The van der Waals surface area contributed by atoms with Gasteiger partial charge in [-0.05, 0) is 43.0 Å². The summed E-state index contributed by atoms with van der Waals surface area (Å²) in [5, 5.41) is 4.62. The second kappa shape index (κ2) is 4.32. The molecule has 0 amide bonds. The zero-order valence-electron chi connectivity index (χ0n) is 8.93. The van der Waals surface area contributed by atoms with Gasteiger partial charge >= 0.3 is 0 Å². The predicted molar refractivity (Wildman–Crippen MR) is 65.8 cm³/mol. The highest BCUT2D eigenvalue weighted by Gasteiger charge is 2.37. The largest absolute Gasteiger partial charge is 0.317 e. The molecule has 82 valence electrons. The molecule has 0 bridgehead atoms. The van der Waals surface area contributed by atoms with Gasteiger partial charge < -0.3 is 5.32 Å². The maximum atomic E-state index is 6.01. The van der Waals surface area contributed by atoms with E-state index in [2.05, 4.69) is 18.3 Å². The van der Waals surface area contributed by atoms with Crippen molar-refractivity contribution in [1.82, 2.24) is 5.32 Å². The molecule has 3 unspecified atom stereocenters. The van der Waals surface area contributed by atoms with Crippen molar-refractivity contribution in [2.75, 3.05) is 7.05 Å². The van der Waals surface area contributed by atoms with Crippen LogP contribution in [-0.2, 0) is 0 Å². The molecule has 3 atom stereocenters. The molecule has 1 N–H and O–H groups in total. The minimum Gasteiger partial charge on any atom is -0.317 e. The summed E-state index contributed by atoms with van der Waals surface area (Å²) in [6, 6.07) is 6.61. The Morgan fingerprint density at radius 2 is 2.00 bits per heavy atom. The van der Waals surface area contributed by atoms with Crippen LogP contribution in [0, 0.1) is 5.92 Å².